The first-order valence-electron chi connectivity index (χ1n) is 5.44. The van der Waals surface area contributed by atoms with E-state index in [-0.39, 0.29) is 11.9 Å². The monoisotopic (exact) mass is 309 g/mol. The van der Waals surface area contributed by atoms with Gasteiger partial charge < -0.3 is 0 Å². The van der Waals surface area contributed by atoms with Crippen molar-refractivity contribution in [1.82, 2.24) is 10.4 Å². The standard InChI is InChI=1S/C13H13BrFN3/c1-8-4-9(7-17-6-8)13(18-16)11-3-2-10(15)5-12(11)14/h2-7,13,18H,16H2,1H3. The van der Waals surface area contributed by atoms with Crippen LogP contribution in [0.1, 0.15) is 22.7 Å². The number of halogens is 2. The minimum absolute atomic E-state index is 0.229. The molecule has 0 fully saturated rings. The molecule has 0 amide bonds. The van der Waals surface area contributed by atoms with Crippen molar-refractivity contribution in [3.8, 4) is 0 Å². The number of nitrogens with one attached hydrogen (secondary N) is 1. The van der Waals surface area contributed by atoms with Crippen molar-refractivity contribution in [2.24, 2.45) is 5.84 Å². The van der Waals surface area contributed by atoms with Crippen LogP contribution >= 0.6 is 15.9 Å². The molecule has 0 spiro atoms. The van der Waals surface area contributed by atoms with Crippen LogP contribution in [0.2, 0.25) is 0 Å². The van der Waals surface area contributed by atoms with Crippen LogP contribution in [0.3, 0.4) is 0 Å². The van der Waals surface area contributed by atoms with Crippen molar-refractivity contribution in [3.63, 3.8) is 0 Å². The molecule has 1 aromatic carbocycles. The molecule has 3 nitrogen and oxygen atoms in total. The molecule has 0 bridgehead atoms. The summed E-state index contributed by atoms with van der Waals surface area (Å²) in [6, 6.07) is 6.29. The van der Waals surface area contributed by atoms with E-state index in [0.29, 0.717) is 4.47 Å². The maximum Gasteiger partial charge on any atom is 0.124 e. The van der Waals surface area contributed by atoms with E-state index >= 15 is 0 Å². The summed E-state index contributed by atoms with van der Waals surface area (Å²) in [6.07, 6.45) is 3.52. The number of nitrogens with two attached hydrogens (primary N) is 1. The minimum atomic E-state index is -0.288. The maximum absolute atomic E-state index is 13.1. The first kappa shape index (κ1) is 13.1. The van der Waals surface area contributed by atoms with Gasteiger partial charge in [0.25, 0.3) is 0 Å². The van der Waals surface area contributed by atoms with Crippen molar-refractivity contribution in [2.45, 2.75) is 13.0 Å². The summed E-state index contributed by atoms with van der Waals surface area (Å²) in [5, 5.41) is 0. The highest BCUT2D eigenvalue weighted by molar-refractivity contribution is 9.10. The Balaban J connectivity index is 2.45. The summed E-state index contributed by atoms with van der Waals surface area (Å²) in [7, 11) is 0. The molecule has 2 rings (SSSR count). The Morgan fingerprint density at radius 2 is 2.11 bits per heavy atom. The van der Waals surface area contributed by atoms with E-state index in [9.17, 15) is 4.39 Å². The molecule has 1 atom stereocenters. The minimum Gasteiger partial charge on any atom is -0.271 e. The molecule has 0 aliphatic carbocycles. The van der Waals surface area contributed by atoms with Gasteiger partial charge >= 0.3 is 0 Å². The number of hydrazine groups is 1. The molecule has 1 aromatic heterocycles. The molecule has 0 saturated carbocycles. The lowest BCUT2D eigenvalue weighted by Gasteiger charge is -2.18. The Hall–Kier alpha value is -1.30. The molecule has 3 N–H and O–H groups in total. The highest BCUT2D eigenvalue weighted by Crippen LogP contribution is 2.28. The number of nitrogens with zero attached hydrogens (tertiary/aromatic N) is 1. The number of hydrogen-bond donors (Lipinski definition) is 2. The number of benzene rings is 1. The first-order chi connectivity index (χ1) is 8.61. The average Bonchev–Trinajstić information content (AvgIpc) is 2.33. The normalized spacial score (nSPS) is 12.4. The maximum atomic E-state index is 13.1. The van der Waals surface area contributed by atoms with E-state index in [1.807, 2.05) is 13.0 Å². The zero-order chi connectivity index (χ0) is 13.1. The van der Waals surface area contributed by atoms with E-state index in [1.54, 1.807) is 18.5 Å². The van der Waals surface area contributed by atoms with Crippen molar-refractivity contribution in [3.05, 3.63) is 63.6 Å². The third-order valence-corrected chi connectivity index (χ3v) is 3.36. The lowest BCUT2D eigenvalue weighted by molar-refractivity contribution is 0.612. The van der Waals surface area contributed by atoms with Gasteiger partial charge in [0.1, 0.15) is 5.82 Å². The Kier molecular flexibility index (Phi) is 4.06. The molecule has 18 heavy (non-hydrogen) atoms. The Bertz CT molecular complexity index is 560. The lowest BCUT2D eigenvalue weighted by Crippen LogP contribution is -2.29. The predicted molar refractivity (Wildman–Crippen MR) is 72.2 cm³/mol. The SMILES string of the molecule is Cc1cncc(C(NN)c2ccc(F)cc2Br)c1. The average molecular weight is 310 g/mol. The molecule has 0 saturated heterocycles. The number of aromatic nitrogens is 1. The molecule has 2 aromatic rings. The molecule has 1 heterocycles. The molecule has 1 unspecified atom stereocenters. The van der Waals surface area contributed by atoms with Crippen molar-refractivity contribution in [1.29, 1.82) is 0 Å². The molecule has 0 aliphatic heterocycles. The molecular weight excluding hydrogens is 297 g/mol. The van der Waals surface area contributed by atoms with E-state index in [2.05, 4.69) is 26.3 Å². The second-order valence-electron chi connectivity index (χ2n) is 4.06. The van der Waals surface area contributed by atoms with Crippen LogP contribution in [0.15, 0.2) is 41.1 Å². The van der Waals surface area contributed by atoms with Crippen LogP contribution in [0.5, 0.6) is 0 Å². The van der Waals surface area contributed by atoms with Gasteiger partial charge in [0.05, 0.1) is 6.04 Å². The third-order valence-electron chi connectivity index (χ3n) is 2.67. The Morgan fingerprint density at radius 3 is 2.72 bits per heavy atom. The van der Waals surface area contributed by atoms with Crippen molar-refractivity contribution < 1.29 is 4.39 Å². The van der Waals surface area contributed by atoms with Crippen LogP contribution in [-0.2, 0) is 0 Å². The summed E-state index contributed by atoms with van der Waals surface area (Å²) in [5.41, 5.74) is 5.58. The number of hydrogen-bond acceptors (Lipinski definition) is 3. The van der Waals surface area contributed by atoms with Gasteiger partial charge in [-0.15, -0.1) is 0 Å². The van der Waals surface area contributed by atoms with Gasteiger partial charge in [-0.25, -0.2) is 9.82 Å². The second kappa shape index (κ2) is 5.56. The van der Waals surface area contributed by atoms with E-state index in [1.165, 1.54) is 12.1 Å². The fourth-order valence-corrected chi connectivity index (χ4v) is 2.42. The summed E-state index contributed by atoms with van der Waals surface area (Å²) >= 11 is 3.35. The van der Waals surface area contributed by atoms with Crippen LogP contribution in [0.25, 0.3) is 0 Å². The van der Waals surface area contributed by atoms with Gasteiger partial charge in [-0.1, -0.05) is 28.1 Å². The van der Waals surface area contributed by atoms with Gasteiger partial charge in [0, 0.05) is 16.9 Å². The number of rotatable bonds is 3. The molecular formula is C13H13BrFN3. The summed E-state index contributed by atoms with van der Waals surface area (Å²) in [6.45, 7) is 1.96. The van der Waals surface area contributed by atoms with Gasteiger partial charge in [0.15, 0.2) is 0 Å². The molecule has 0 radical (unpaired) electrons. The van der Waals surface area contributed by atoms with Crippen molar-refractivity contribution >= 4 is 15.9 Å². The van der Waals surface area contributed by atoms with Crippen molar-refractivity contribution in [2.75, 3.05) is 0 Å². The molecule has 0 aliphatic rings. The zero-order valence-corrected chi connectivity index (χ0v) is 11.4. The summed E-state index contributed by atoms with van der Waals surface area (Å²) < 4.78 is 13.8. The van der Waals surface area contributed by atoms with Crippen LogP contribution in [0, 0.1) is 12.7 Å². The van der Waals surface area contributed by atoms with Gasteiger partial charge in [-0.3, -0.25) is 10.8 Å². The van der Waals surface area contributed by atoms with Gasteiger partial charge in [0.2, 0.25) is 0 Å². The highest BCUT2D eigenvalue weighted by Gasteiger charge is 2.16. The smallest absolute Gasteiger partial charge is 0.124 e. The topological polar surface area (TPSA) is 50.9 Å². The van der Waals surface area contributed by atoms with Crippen LogP contribution in [-0.4, -0.2) is 4.98 Å². The molecule has 94 valence electrons. The summed E-state index contributed by atoms with van der Waals surface area (Å²) in [5.74, 6) is 5.31. The van der Waals surface area contributed by atoms with E-state index in [4.69, 9.17) is 5.84 Å². The molecule has 5 heteroatoms. The summed E-state index contributed by atoms with van der Waals surface area (Å²) in [4.78, 5) is 4.14. The van der Waals surface area contributed by atoms with E-state index in [0.717, 1.165) is 16.7 Å². The number of aryl methyl sites for hydroxylation is 1. The van der Waals surface area contributed by atoms with Gasteiger partial charge in [-0.2, -0.15) is 0 Å². The zero-order valence-electron chi connectivity index (χ0n) is 9.82. The lowest BCUT2D eigenvalue weighted by atomic mass is 10.00. The highest BCUT2D eigenvalue weighted by atomic mass is 79.9. The van der Waals surface area contributed by atoms with Crippen LogP contribution in [0.4, 0.5) is 4.39 Å². The second-order valence-corrected chi connectivity index (χ2v) is 4.92. The quantitative estimate of drug-likeness (QED) is 0.677. The predicted octanol–water partition coefficient (Wildman–Crippen LogP) is 2.84. The Morgan fingerprint density at radius 1 is 1.33 bits per heavy atom. The van der Waals surface area contributed by atoms with Crippen LogP contribution < -0.4 is 11.3 Å². The van der Waals surface area contributed by atoms with Gasteiger partial charge in [-0.05, 0) is 35.7 Å². The largest absolute Gasteiger partial charge is 0.271 e. The van der Waals surface area contributed by atoms with E-state index < -0.39 is 0 Å². The Labute approximate surface area is 113 Å². The fraction of sp³-hybridized carbons (Fsp3) is 0.154. The third kappa shape index (κ3) is 2.75. The fourth-order valence-electron chi connectivity index (χ4n) is 1.84. The first-order valence-corrected chi connectivity index (χ1v) is 6.23. The number of pyridine rings is 1.